The Morgan fingerprint density at radius 1 is 1.32 bits per heavy atom. The van der Waals surface area contributed by atoms with Gasteiger partial charge in [0.05, 0.1) is 12.7 Å². The van der Waals surface area contributed by atoms with Crippen LogP contribution in [0.15, 0.2) is 29.8 Å². The van der Waals surface area contributed by atoms with E-state index in [1.165, 1.54) is 6.08 Å². The van der Waals surface area contributed by atoms with Crippen molar-refractivity contribution in [3.05, 3.63) is 35.4 Å². The Morgan fingerprint density at radius 2 is 2.05 bits per heavy atom. The molecule has 0 N–H and O–H groups in total. The third kappa shape index (κ3) is 6.20. The van der Waals surface area contributed by atoms with Crippen LogP contribution in [0.1, 0.15) is 39.7 Å². The van der Waals surface area contributed by atoms with Crippen molar-refractivity contribution in [1.29, 1.82) is 0 Å². The molecule has 0 aromatic heterocycles. The minimum absolute atomic E-state index is 0.195. The van der Waals surface area contributed by atoms with Crippen molar-refractivity contribution in [2.24, 2.45) is 0 Å². The van der Waals surface area contributed by atoms with Gasteiger partial charge in [0.15, 0.2) is 0 Å². The molecule has 0 spiro atoms. The number of rotatable bonds is 8. The van der Waals surface area contributed by atoms with Crippen molar-refractivity contribution in [3.63, 3.8) is 0 Å². The van der Waals surface area contributed by atoms with E-state index < -0.39 is 0 Å². The van der Waals surface area contributed by atoms with Crippen molar-refractivity contribution in [2.45, 2.75) is 47.1 Å². The van der Waals surface area contributed by atoms with Crippen molar-refractivity contribution < 1.29 is 19.0 Å². The van der Waals surface area contributed by atoms with Gasteiger partial charge in [0.25, 0.3) is 0 Å². The summed E-state index contributed by atoms with van der Waals surface area (Å²) in [6.07, 6.45) is 2.62. The van der Waals surface area contributed by atoms with Gasteiger partial charge < -0.3 is 14.2 Å². The lowest BCUT2D eigenvalue weighted by Gasteiger charge is -2.15. The number of esters is 1. The Labute approximate surface area is 133 Å². The van der Waals surface area contributed by atoms with Crippen LogP contribution in [0.3, 0.4) is 0 Å². The molecule has 1 rings (SSSR count). The maximum atomic E-state index is 11.3. The largest absolute Gasteiger partial charge is 0.490 e. The summed E-state index contributed by atoms with van der Waals surface area (Å²) in [4.78, 5) is 11.3. The minimum Gasteiger partial charge on any atom is -0.490 e. The van der Waals surface area contributed by atoms with Crippen molar-refractivity contribution in [1.82, 2.24) is 0 Å². The predicted molar refractivity (Wildman–Crippen MR) is 87.4 cm³/mol. The van der Waals surface area contributed by atoms with Crippen LogP contribution in [0, 0.1) is 6.92 Å². The van der Waals surface area contributed by atoms with Gasteiger partial charge in [-0.25, -0.2) is 4.79 Å². The summed E-state index contributed by atoms with van der Waals surface area (Å²) in [7, 11) is 0. The van der Waals surface area contributed by atoms with Crippen molar-refractivity contribution >= 4 is 5.97 Å². The number of hydrogen-bond donors (Lipinski definition) is 0. The molecule has 1 unspecified atom stereocenters. The molecule has 122 valence electrons. The van der Waals surface area contributed by atoms with Gasteiger partial charge in [-0.1, -0.05) is 6.92 Å². The van der Waals surface area contributed by atoms with E-state index in [0.29, 0.717) is 13.2 Å². The molecule has 0 aliphatic heterocycles. The van der Waals surface area contributed by atoms with Gasteiger partial charge in [-0.2, -0.15) is 0 Å². The highest BCUT2D eigenvalue weighted by atomic mass is 16.5. The lowest BCUT2D eigenvalue weighted by molar-refractivity contribution is -0.137. The topological polar surface area (TPSA) is 44.8 Å². The smallest absolute Gasteiger partial charge is 0.330 e. The lowest BCUT2D eigenvalue weighted by Crippen LogP contribution is -2.10. The fourth-order valence-electron chi connectivity index (χ4n) is 1.77. The summed E-state index contributed by atoms with van der Waals surface area (Å²) < 4.78 is 16.4. The Balaban J connectivity index is 2.60. The van der Waals surface area contributed by atoms with Crippen molar-refractivity contribution in [3.8, 4) is 11.5 Å². The van der Waals surface area contributed by atoms with Gasteiger partial charge in [-0.15, -0.1) is 0 Å². The first kappa shape index (κ1) is 18.1. The van der Waals surface area contributed by atoms with Gasteiger partial charge in [-0.3, -0.25) is 0 Å². The summed E-state index contributed by atoms with van der Waals surface area (Å²) in [6, 6.07) is 5.74. The van der Waals surface area contributed by atoms with E-state index in [2.05, 4.69) is 6.92 Å². The number of hydrogen-bond acceptors (Lipinski definition) is 4. The molecule has 0 saturated heterocycles. The molecule has 0 radical (unpaired) electrons. The summed E-state index contributed by atoms with van der Waals surface area (Å²) in [6.45, 7) is 10.5. The highest BCUT2D eigenvalue weighted by Gasteiger charge is 2.06. The fraction of sp³-hybridized carbons (Fsp3) is 0.500. The maximum absolute atomic E-state index is 11.3. The van der Waals surface area contributed by atoms with Crippen LogP contribution in [0.4, 0.5) is 0 Å². The molecule has 0 fully saturated rings. The molecule has 1 aromatic rings. The average molecular weight is 306 g/mol. The van der Waals surface area contributed by atoms with Crippen LogP contribution >= 0.6 is 0 Å². The second-order valence-electron chi connectivity index (χ2n) is 5.30. The first-order valence-corrected chi connectivity index (χ1v) is 7.70. The predicted octanol–water partition coefficient (Wildman–Crippen LogP) is 4.06. The number of benzene rings is 1. The molecule has 0 amide bonds. The van der Waals surface area contributed by atoms with E-state index in [0.717, 1.165) is 29.1 Å². The first-order chi connectivity index (χ1) is 10.5. The third-order valence-electron chi connectivity index (χ3n) is 3.17. The van der Waals surface area contributed by atoms with Crippen LogP contribution in [-0.2, 0) is 9.53 Å². The SMILES string of the molecule is CCOC(=O)C=C(C)COc1ccc(OC(C)CC)c(C)c1. The molecule has 4 nitrogen and oxygen atoms in total. The molecule has 1 atom stereocenters. The van der Waals surface area contributed by atoms with Crippen LogP contribution < -0.4 is 9.47 Å². The Hall–Kier alpha value is -1.97. The van der Waals surface area contributed by atoms with Gasteiger partial charge >= 0.3 is 5.97 Å². The highest BCUT2D eigenvalue weighted by molar-refractivity contribution is 5.82. The van der Waals surface area contributed by atoms with Crippen LogP contribution in [0.2, 0.25) is 0 Å². The molecule has 0 aliphatic rings. The molecule has 22 heavy (non-hydrogen) atoms. The summed E-state index contributed by atoms with van der Waals surface area (Å²) in [5.74, 6) is 1.29. The Morgan fingerprint density at radius 3 is 2.64 bits per heavy atom. The standard InChI is InChI=1S/C18H26O4/c1-6-15(5)22-17-9-8-16(11-14(17)4)21-12-13(3)10-18(19)20-7-2/h8-11,15H,6-7,12H2,1-5H3. The van der Waals surface area contributed by atoms with E-state index in [1.54, 1.807) is 6.92 Å². The fourth-order valence-corrected chi connectivity index (χ4v) is 1.77. The zero-order chi connectivity index (χ0) is 16.5. The quantitative estimate of drug-likeness (QED) is 0.536. The number of carbonyl (C=O) groups excluding carboxylic acids is 1. The van der Waals surface area contributed by atoms with Crippen LogP contribution in [-0.4, -0.2) is 25.3 Å². The third-order valence-corrected chi connectivity index (χ3v) is 3.17. The second-order valence-corrected chi connectivity index (χ2v) is 5.30. The zero-order valence-corrected chi connectivity index (χ0v) is 14.1. The van der Waals surface area contributed by atoms with Crippen molar-refractivity contribution in [2.75, 3.05) is 13.2 Å². The monoisotopic (exact) mass is 306 g/mol. The Bertz CT molecular complexity index is 520. The van der Waals surface area contributed by atoms with E-state index in [-0.39, 0.29) is 12.1 Å². The molecule has 0 bridgehead atoms. The van der Waals surface area contributed by atoms with Gasteiger partial charge in [0.1, 0.15) is 18.1 Å². The minimum atomic E-state index is -0.336. The highest BCUT2D eigenvalue weighted by Crippen LogP contribution is 2.25. The zero-order valence-electron chi connectivity index (χ0n) is 14.1. The number of ether oxygens (including phenoxy) is 3. The van der Waals surface area contributed by atoms with Gasteiger partial charge in [0.2, 0.25) is 0 Å². The van der Waals surface area contributed by atoms with Crippen LogP contribution in [0.5, 0.6) is 11.5 Å². The summed E-state index contributed by atoms with van der Waals surface area (Å²) in [5, 5.41) is 0. The number of aryl methyl sites for hydroxylation is 1. The lowest BCUT2D eigenvalue weighted by atomic mass is 10.2. The molecule has 1 aromatic carbocycles. The van der Waals surface area contributed by atoms with Gasteiger partial charge in [0, 0.05) is 6.08 Å². The van der Waals surface area contributed by atoms with Crippen LogP contribution in [0.25, 0.3) is 0 Å². The molecular formula is C18H26O4. The maximum Gasteiger partial charge on any atom is 0.330 e. The summed E-state index contributed by atoms with van der Waals surface area (Å²) in [5.41, 5.74) is 1.85. The van der Waals surface area contributed by atoms with E-state index >= 15 is 0 Å². The van der Waals surface area contributed by atoms with E-state index in [4.69, 9.17) is 14.2 Å². The molecule has 0 heterocycles. The van der Waals surface area contributed by atoms with E-state index in [9.17, 15) is 4.79 Å². The van der Waals surface area contributed by atoms with E-state index in [1.807, 2.05) is 39.0 Å². The second kappa shape index (κ2) is 9.13. The molecule has 4 heteroatoms. The number of carbonyl (C=O) groups is 1. The summed E-state index contributed by atoms with van der Waals surface area (Å²) >= 11 is 0. The molecular weight excluding hydrogens is 280 g/mol. The average Bonchev–Trinajstić information content (AvgIpc) is 2.47. The molecule has 0 aliphatic carbocycles. The molecule has 0 saturated carbocycles. The first-order valence-electron chi connectivity index (χ1n) is 7.70. The van der Waals surface area contributed by atoms with Gasteiger partial charge in [-0.05, 0) is 63.5 Å². The normalized spacial score (nSPS) is 12.7. The Kier molecular flexibility index (Phi) is 7.50.